The van der Waals surface area contributed by atoms with Crippen molar-refractivity contribution in [3.8, 4) is 0 Å². The van der Waals surface area contributed by atoms with Crippen LogP contribution in [0.15, 0.2) is 131 Å². The molecule has 4 aromatic carbocycles. The number of guanidine groups is 2. The van der Waals surface area contributed by atoms with E-state index in [9.17, 15) is 0 Å². The normalized spacial score (nSPS) is 19.6. The summed E-state index contributed by atoms with van der Waals surface area (Å²) in [6.45, 7) is 1.69. The Labute approximate surface area is 237 Å². The van der Waals surface area contributed by atoms with E-state index >= 15 is 0 Å². The first-order valence-corrected chi connectivity index (χ1v) is 14.3. The predicted octanol–water partition coefficient (Wildman–Crippen LogP) is 7.51. The zero-order valence-electron chi connectivity index (χ0n) is 22.7. The number of nitrogens with one attached hydrogen (secondary N) is 2. The lowest BCUT2D eigenvalue weighted by Gasteiger charge is -2.51. The molecule has 0 bridgehead atoms. The highest BCUT2D eigenvalue weighted by molar-refractivity contribution is 5.97. The molecule has 0 spiro atoms. The number of piperazine rings is 1. The van der Waals surface area contributed by atoms with E-state index in [1.54, 1.807) is 0 Å². The van der Waals surface area contributed by atoms with Crippen LogP contribution in [0.2, 0.25) is 0 Å². The maximum absolute atomic E-state index is 5.14. The molecule has 2 fully saturated rings. The second-order valence-electron chi connectivity index (χ2n) is 10.3. The minimum atomic E-state index is 0.319. The van der Waals surface area contributed by atoms with E-state index in [1.807, 2.05) is 48.5 Å². The summed E-state index contributed by atoms with van der Waals surface area (Å²) in [6, 6.07) is 41.9. The average molecular weight is 529 g/mol. The molecular weight excluding hydrogens is 492 g/mol. The molecule has 2 atom stereocenters. The van der Waals surface area contributed by atoms with Gasteiger partial charge in [-0.2, -0.15) is 0 Å². The number of fused-ring (bicyclic) bond motifs is 1. The van der Waals surface area contributed by atoms with Crippen LogP contribution in [-0.2, 0) is 0 Å². The summed E-state index contributed by atoms with van der Waals surface area (Å²) in [5.41, 5.74) is 3.99. The van der Waals surface area contributed by atoms with Crippen LogP contribution in [-0.4, -0.2) is 46.9 Å². The number of rotatable bonds is 4. The van der Waals surface area contributed by atoms with E-state index < -0.39 is 0 Å². The molecule has 6 rings (SSSR count). The summed E-state index contributed by atoms with van der Waals surface area (Å²) in [5.74, 6) is 1.82. The van der Waals surface area contributed by atoms with E-state index in [1.165, 1.54) is 12.8 Å². The highest BCUT2D eigenvalue weighted by atomic mass is 15.4. The van der Waals surface area contributed by atoms with Gasteiger partial charge in [-0.05, 0) is 61.4 Å². The van der Waals surface area contributed by atoms with Crippen LogP contribution >= 0.6 is 0 Å². The van der Waals surface area contributed by atoms with Crippen molar-refractivity contribution in [2.24, 2.45) is 9.98 Å². The maximum Gasteiger partial charge on any atom is 0.204 e. The van der Waals surface area contributed by atoms with Gasteiger partial charge in [0, 0.05) is 24.5 Å². The van der Waals surface area contributed by atoms with Gasteiger partial charge in [0.25, 0.3) is 0 Å². The van der Waals surface area contributed by atoms with E-state index in [-0.39, 0.29) is 0 Å². The summed E-state index contributed by atoms with van der Waals surface area (Å²) in [6.07, 6.45) is 4.67. The number of benzene rings is 4. The SMILES string of the molecule is c1ccc(N=C(Nc2ccccc2)N2CCN(C(=Nc3ccccc3)Nc3ccccc3)[C@H]3CCCC[C@@H]32)cc1. The Bertz CT molecular complexity index is 1300. The monoisotopic (exact) mass is 528 g/mol. The van der Waals surface area contributed by atoms with Crippen LogP contribution in [0.3, 0.4) is 0 Å². The third kappa shape index (κ3) is 6.18. The average Bonchev–Trinajstić information content (AvgIpc) is 3.02. The molecule has 1 heterocycles. The number of hydrogen-bond acceptors (Lipinski definition) is 2. The zero-order valence-corrected chi connectivity index (χ0v) is 22.7. The molecule has 202 valence electrons. The largest absolute Gasteiger partial charge is 0.336 e. The van der Waals surface area contributed by atoms with Gasteiger partial charge in [-0.15, -0.1) is 0 Å². The Kier molecular flexibility index (Phi) is 8.04. The molecule has 0 aromatic heterocycles. The summed E-state index contributed by atoms with van der Waals surface area (Å²) in [7, 11) is 0. The summed E-state index contributed by atoms with van der Waals surface area (Å²) < 4.78 is 0. The van der Waals surface area contributed by atoms with E-state index in [4.69, 9.17) is 9.98 Å². The van der Waals surface area contributed by atoms with Gasteiger partial charge < -0.3 is 20.4 Å². The second kappa shape index (κ2) is 12.5. The molecule has 40 heavy (non-hydrogen) atoms. The van der Waals surface area contributed by atoms with Crippen LogP contribution in [0.4, 0.5) is 22.7 Å². The van der Waals surface area contributed by atoms with Crippen molar-refractivity contribution < 1.29 is 0 Å². The third-order valence-corrected chi connectivity index (χ3v) is 7.66. The Hall–Kier alpha value is -4.58. The molecule has 2 N–H and O–H groups in total. The Morgan fingerprint density at radius 2 is 0.850 bits per heavy atom. The van der Waals surface area contributed by atoms with Gasteiger partial charge in [-0.3, -0.25) is 0 Å². The summed E-state index contributed by atoms with van der Waals surface area (Å²) >= 11 is 0. The first-order chi connectivity index (χ1) is 19.8. The van der Waals surface area contributed by atoms with Gasteiger partial charge in [-0.1, -0.05) is 85.6 Å². The lowest BCUT2D eigenvalue weighted by atomic mass is 9.86. The standard InChI is InChI=1S/C34H36N6/c1-5-15-27(16-6-1)35-33(36-28-17-7-2-8-18-28)39-25-26-40(32-24-14-13-23-31(32)39)34(37-29-19-9-3-10-20-29)38-30-21-11-4-12-22-30/h1-12,15-22,31-32H,13-14,23-26H2,(H,35,36)(H,37,38)/t31-,32-/m0/s1. The minimum absolute atomic E-state index is 0.319. The van der Waals surface area contributed by atoms with Crippen LogP contribution < -0.4 is 10.6 Å². The van der Waals surface area contributed by atoms with Gasteiger partial charge in [0.15, 0.2) is 0 Å². The van der Waals surface area contributed by atoms with Crippen molar-refractivity contribution in [1.82, 2.24) is 9.80 Å². The van der Waals surface area contributed by atoms with Gasteiger partial charge in [-0.25, -0.2) is 9.98 Å². The molecular formula is C34H36N6. The molecule has 4 aromatic rings. The molecule has 0 amide bonds. The summed E-state index contributed by atoms with van der Waals surface area (Å²) in [5, 5.41) is 7.33. The number of hydrogen-bond donors (Lipinski definition) is 2. The molecule has 0 unspecified atom stereocenters. The fourth-order valence-corrected chi connectivity index (χ4v) is 5.77. The fourth-order valence-electron chi connectivity index (χ4n) is 5.77. The van der Waals surface area contributed by atoms with Crippen molar-refractivity contribution in [3.63, 3.8) is 0 Å². The summed E-state index contributed by atoms with van der Waals surface area (Å²) in [4.78, 5) is 15.3. The topological polar surface area (TPSA) is 55.3 Å². The molecule has 1 saturated carbocycles. The minimum Gasteiger partial charge on any atom is -0.336 e. The van der Waals surface area contributed by atoms with Gasteiger partial charge in [0.1, 0.15) is 0 Å². The number of nitrogens with zero attached hydrogens (tertiary/aromatic N) is 4. The maximum atomic E-state index is 5.14. The molecule has 0 radical (unpaired) electrons. The van der Waals surface area contributed by atoms with Crippen molar-refractivity contribution >= 4 is 34.7 Å². The lowest BCUT2D eigenvalue weighted by molar-refractivity contribution is 0.0792. The van der Waals surface area contributed by atoms with Crippen LogP contribution in [0, 0.1) is 0 Å². The van der Waals surface area contributed by atoms with Gasteiger partial charge in [0.05, 0.1) is 23.5 Å². The first-order valence-electron chi connectivity index (χ1n) is 14.3. The Morgan fingerprint density at radius 1 is 0.500 bits per heavy atom. The predicted molar refractivity (Wildman–Crippen MR) is 167 cm³/mol. The second-order valence-corrected chi connectivity index (χ2v) is 10.3. The quantitative estimate of drug-likeness (QED) is 0.213. The smallest absolute Gasteiger partial charge is 0.204 e. The zero-order chi connectivity index (χ0) is 27.0. The van der Waals surface area contributed by atoms with Gasteiger partial charge >= 0.3 is 0 Å². The Morgan fingerprint density at radius 3 is 1.23 bits per heavy atom. The molecule has 6 nitrogen and oxygen atoms in total. The number of anilines is 2. The van der Waals surface area contributed by atoms with Crippen LogP contribution in [0.1, 0.15) is 25.7 Å². The number of aliphatic imine (C=N–C) groups is 2. The van der Waals surface area contributed by atoms with Crippen LogP contribution in [0.25, 0.3) is 0 Å². The van der Waals surface area contributed by atoms with Crippen LogP contribution in [0.5, 0.6) is 0 Å². The highest BCUT2D eigenvalue weighted by Crippen LogP contribution is 2.32. The van der Waals surface area contributed by atoms with E-state index in [0.29, 0.717) is 12.1 Å². The molecule has 1 saturated heterocycles. The first kappa shape index (κ1) is 25.7. The third-order valence-electron chi connectivity index (χ3n) is 7.66. The van der Waals surface area contributed by atoms with E-state index in [2.05, 4.69) is 93.2 Å². The molecule has 6 heteroatoms. The van der Waals surface area contributed by atoms with Gasteiger partial charge in [0.2, 0.25) is 11.9 Å². The van der Waals surface area contributed by atoms with Crippen molar-refractivity contribution in [2.45, 2.75) is 37.8 Å². The molecule has 1 aliphatic heterocycles. The van der Waals surface area contributed by atoms with Crippen molar-refractivity contribution in [3.05, 3.63) is 121 Å². The van der Waals surface area contributed by atoms with E-state index in [0.717, 1.165) is 60.6 Å². The number of para-hydroxylation sites is 4. The van der Waals surface area contributed by atoms with Crippen molar-refractivity contribution in [2.75, 3.05) is 23.7 Å². The van der Waals surface area contributed by atoms with Crippen molar-refractivity contribution in [1.29, 1.82) is 0 Å². The molecule has 2 aliphatic rings. The highest BCUT2D eigenvalue weighted by Gasteiger charge is 2.41. The Balaban J connectivity index is 1.34. The fraction of sp³-hybridized carbons (Fsp3) is 0.235. The lowest BCUT2D eigenvalue weighted by Crippen LogP contribution is -2.65. The molecule has 1 aliphatic carbocycles.